The second kappa shape index (κ2) is 6.20. The second-order valence-electron chi connectivity index (χ2n) is 4.90. The molecular formula is C15H16F2O4. The van der Waals surface area contributed by atoms with Crippen LogP contribution in [0.4, 0.5) is 8.78 Å². The number of benzene rings is 1. The van der Waals surface area contributed by atoms with Gasteiger partial charge in [0.1, 0.15) is 5.78 Å². The topological polar surface area (TPSA) is 52.6 Å². The van der Waals surface area contributed by atoms with Crippen molar-refractivity contribution < 1.29 is 27.8 Å². The highest BCUT2D eigenvalue weighted by atomic mass is 19.2. The molecule has 0 saturated heterocycles. The smallest absolute Gasteiger partial charge is 0.310 e. The van der Waals surface area contributed by atoms with Gasteiger partial charge < -0.3 is 9.47 Å². The number of hydrogen-bond acceptors (Lipinski definition) is 4. The summed E-state index contributed by atoms with van der Waals surface area (Å²) in [6, 6.07) is 2.32. The summed E-state index contributed by atoms with van der Waals surface area (Å²) < 4.78 is 36.9. The molecule has 6 heteroatoms. The Bertz CT molecular complexity index is 571. The van der Waals surface area contributed by atoms with E-state index in [0.717, 1.165) is 6.07 Å². The molecule has 1 aromatic carbocycles. The predicted molar refractivity (Wildman–Crippen MR) is 70.0 cm³/mol. The molecule has 1 aliphatic rings. The van der Waals surface area contributed by atoms with Gasteiger partial charge in [-0.2, -0.15) is 4.39 Å². The minimum Gasteiger partial charge on any atom is -0.493 e. The van der Waals surface area contributed by atoms with E-state index in [1.54, 1.807) is 6.92 Å². The van der Waals surface area contributed by atoms with Gasteiger partial charge in [-0.05, 0) is 13.0 Å². The van der Waals surface area contributed by atoms with Crippen molar-refractivity contribution in [3.63, 3.8) is 0 Å². The van der Waals surface area contributed by atoms with Gasteiger partial charge in [0, 0.05) is 24.3 Å². The molecule has 0 aliphatic heterocycles. The fraction of sp³-hybridized carbons (Fsp3) is 0.467. The fourth-order valence-corrected chi connectivity index (χ4v) is 2.73. The molecule has 0 radical (unpaired) electrons. The second-order valence-corrected chi connectivity index (χ2v) is 4.90. The number of methoxy groups -OCH3 is 1. The largest absolute Gasteiger partial charge is 0.493 e. The molecule has 0 heterocycles. The molecule has 0 N–H and O–H groups in total. The highest BCUT2D eigenvalue weighted by molar-refractivity contribution is 5.90. The first-order valence-electron chi connectivity index (χ1n) is 6.69. The fourth-order valence-electron chi connectivity index (χ4n) is 2.73. The number of carbonyl (C=O) groups is 2. The lowest BCUT2D eigenvalue weighted by Crippen LogP contribution is -2.21. The Balaban J connectivity index is 2.41. The first kappa shape index (κ1) is 15.4. The Morgan fingerprint density at radius 3 is 2.67 bits per heavy atom. The van der Waals surface area contributed by atoms with Gasteiger partial charge in [0.25, 0.3) is 0 Å². The van der Waals surface area contributed by atoms with Crippen LogP contribution in [0.2, 0.25) is 0 Å². The van der Waals surface area contributed by atoms with E-state index in [1.165, 1.54) is 13.2 Å². The maximum absolute atomic E-state index is 13.8. The van der Waals surface area contributed by atoms with E-state index in [-0.39, 0.29) is 31.0 Å². The van der Waals surface area contributed by atoms with E-state index in [1.807, 2.05) is 0 Å². The van der Waals surface area contributed by atoms with Crippen molar-refractivity contribution in [1.82, 2.24) is 0 Å². The monoisotopic (exact) mass is 298 g/mol. The van der Waals surface area contributed by atoms with Crippen LogP contribution in [0.15, 0.2) is 12.1 Å². The average molecular weight is 298 g/mol. The molecule has 0 bridgehead atoms. The van der Waals surface area contributed by atoms with Crippen LogP contribution in [0.1, 0.15) is 31.2 Å². The first-order valence-corrected chi connectivity index (χ1v) is 6.69. The highest BCUT2D eigenvalue weighted by Crippen LogP contribution is 2.43. The lowest BCUT2D eigenvalue weighted by molar-refractivity contribution is -0.148. The number of carbonyl (C=O) groups excluding carboxylic acids is 2. The first-order chi connectivity index (χ1) is 9.99. The summed E-state index contributed by atoms with van der Waals surface area (Å²) in [6.07, 6.45) is 0.135. The molecule has 1 aliphatic carbocycles. The van der Waals surface area contributed by atoms with Crippen LogP contribution < -0.4 is 4.74 Å². The van der Waals surface area contributed by atoms with E-state index < -0.39 is 29.4 Å². The molecule has 0 spiro atoms. The molecule has 1 aromatic rings. The number of ketones is 1. The zero-order chi connectivity index (χ0) is 15.6. The summed E-state index contributed by atoms with van der Waals surface area (Å²) >= 11 is 0. The van der Waals surface area contributed by atoms with Crippen LogP contribution in [0.25, 0.3) is 0 Å². The van der Waals surface area contributed by atoms with E-state index in [4.69, 9.17) is 9.47 Å². The Morgan fingerprint density at radius 1 is 1.33 bits per heavy atom. The third-order valence-corrected chi connectivity index (χ3v) is 3.65. The van der Waals surface area contributed by atoms with Crippen molar-refractivity contribution in [2.75, 3.05) is 13.7 Å². The van der Waals surface area contributed by atoms with Crippen molar-refractivity contribution in [3.8, 4) is 5.75 Å². The SMILES string of the molecule is CCOC(=O)C1CC(=O)CC1c1ccc(F)c(F)c1OC. The molecule has 2 unspecified atom stereocenters. The Morgan fingerprint density at radius 2 is 2.05 bits per heavy atom. The zero-order valence-corrected chi connectivity index (χ0v) is 11.8. The summed E-state index contributed by atoms with van der Waals surface area (Å²) in [5.41, 5.74) is 0.320. The molecule has 0 amide bonds. The molecule has 2 rings (SSSR count). The predicted octanol–water partition coefficient (Wildman–Crippen LogP) is 2.60. The zero-order valence-electron chi connectivity index (χ0n) is 11.8. The molecule has 114 valence electrons. The normalized spacial score (nSPS) is 21.4. The minimum absolute atomic E-state index is 0.0473. The average Bonchev–Trinajstić information content (AvgIpc) is 2.84. The molecule has 21 heavy (non-hydrogen) atoms. The summed E-state index contributed by atoms with van der Waals surface area (Å²) in [6.45, 7) is 1.87. The summed E-state index contributed by atoms with van der Waals surface area (Å²) in [5.74, 6) is -4.25. The molecular weight excluding hydrogens is 282 g/mol. The van der Waals surface area contributed by atoms with Crippen molar-refractivity contribution in [2.24, 2.45) is 5.92 Å². The van der Waals surface area contributed by atoms with Gasteiger partial charge in [-0.15, -0.1) is 0 Å². The van der Waals surface area contributed by atoms with Crippen LogP contribution in [0.5, 0.6) is 5.75 Å². The van der Waals surface area contributed by atoms with Crippen molar-refractivity contribution >= 4 is 11.8 Å². The van der Waals surface area contributed by atoms with Crippen LogP contribution in [-0.4, -0.2) is 25.5 Å². The van der Waals surface area contributed by atoms with E-state index >= 15 is 0 Å². The van der Waals surface area contributed by atoms with Crippen molar-refractivity contribution in [2.45, 2.75) is 25.7 Å². The minimum atomic E-state index is -1.11. The third-order valence-electron chi connectivity index (χ3n) is 3.65. The lowest BCUT2D eigenvalue weighted by atomic mass is 9.88. The highest BCUT2D eigenvalue weighted by Gasteiger charge is 2.41. The van der Waals surface area contributed by atoms with Gasteiger partial charge in [-0.3, -0.25) is 9.59 Å². The van der Waals surface area contributed by atoms with E-state index in [2.05, 4.69) is 0 Å². The van der Waals surface area contributed by atoms with Crippen LogP contribution in [0, 0.1) is 17.6 Å². The molecule has 2 atom stereocenters. The summed E-state index contributed by atoms with van der Waals surface area (Å²) in [4.78, 5) is 23.6. The maximum Gasteiger partial charge on any atom is 0.310 e. The van der Waals surface area contributed by atoms with Gasteiger partial charge in [0.15, 0.2) is 11.6 Å². The van der Waals surface area contributed by atoms with Crippen LogP contribution >= 0.6 is 0 Å². The van der Waals surface area contributed by atoms with E-state index in [9.17, 15) is 18.4 Å². The number of halogens is 2. The third kappa shape index (κ3) is 2.89. The van der Waals surface area contributed by atoms with Gasteiger partial charge in [0.2, 0.25) is 5.82 Å². The molecule has 0 aromatic heterocycles. The van der Waals surface area contributed by atoms with Crippen LogP contribution in [0.3, 0.4) is 0 Å². The van der Waals surface area contributed by atoms with E-state index in [0.29, 0.717) is 5.56 Å². The Labute approximate surface area is 121 Å². The Hall–Kier alpha value is -1.98. The quantitative estimate of drug-likeness (QED) is 0.802. The van der Waals surface area contributed by atoms with Gasteiger partial charge >= 0.3 is 5.97 Å². The standard InChI is InChI=1S/C15H16F2O4/c1-3-21-15(19)11-7-8(18)6-10(11)9-4-5-12(16)13(17)14(9)20-2/h4-5,10-11H,3,6-7H2,1-2H3. The lowest BCUT2D eigenvalue weighted by Gasteiger charge is -2.20. The summed E-state index contributed by atoms with van der Waals surface area (Å²) in [5, 5.41) is 0. The molecule has 1 saturated carbocycles. The van der Waals surface area contributed by atoms with Gasteiger partial charge in [0.05, 0.1) is 19.6 Å². The number of Topliss-reactive ketones (excluding diaryl/α,β-unsaturated/α-hetero) is 1. The van der Waals surface area contributed by atoms with Crippen molar-refractivity contribution in [3.05, 3.63) is 29.3 Å². The van der Waals surface area contributed by atoms with Crippen LogP contribution in [-0.2, 0) is 14.3 Å². The van der Waals surface area contributed by atoms with Crippen molar-refractivity contribution in [1.29, 1.82) is 0 Å². The maximum atomic E-state index is 13.8. The number of hydrogen-bond donors (Lipinski definition) is 0. The summed E-state index contributed by atoms with van der Waals surface area (Å²) in [7, 11) is 1.22. The number of esters is 1. The van der Waals surface area contributed by atoms with Gasteiger partial charge in [-0.1, -0.05) is 6.07 Å². The molecule has 4 nitrogen and oxygen atoms in total. The Kier molecular flexibility index (Phi) is 4.55. The number of ether oxygens (including phenoxy) is 2. The molecule has 1 fully saturated rings. The number of rotatable bonds is 4. The van der Waals surface area contributed by atoms with Gasteiger partial charge in [-0.25, -0.2) is 4.39 Å².